The summed E-state index contributed by atoms with van der Waals surface area (Å²) in [5.74, 6) is 0.764. The third kappa shape index (κ3) is 2.20. The first kappa shape index (κ1) is 12.5. The minimum atomic E-state index is 0.590. The van der Waals surface area contributed by atoms with Gasteiger partial charge in [-0.3, -0.25) is 5.10 Å². The number of fused-ring (bicyclic) bond motifs is 1. The third-order valence-corrected chi connectivity index (χ3v) is 4.39. The molecule has 4 rings (SSSR count). The van der Waals surface area contributed by atoms with Crippen LogP contribution in [-0.4, -0.2) is 30.0 Å². The van der Waals surface area contributed by atoms with Crippen molar-refractivity contribution in [1.29, 1.82) is 0 Å². The van der Waals surface area contributed by atoms with Crippen molar-refractivity contribution in [3.63, 3.8) is 0 Å². The molecule has 3 aromatic heterocycles. The second kappa shape index (κ2) is 4.94. The average molecular weight is 317 g/mol. The summed E-state index contributed by atoms with van der Waals surface area (Å²) in [7, 11) is 0. The molecule has 4 aromatic rings. The molecule has 0 atom stereocenters. The minimum Gasteiger partial charge on any atom is -0.275 e. The molecule has 0 radical (unpaired) electrons. The van der Waals surface area contributed by atoms with E-state index in [1.807, 2.05) is 30.3 Å². The van der Waals surface area contributed by atoms with Crippen LogP contribution in [0.2, 0.25) is 5.02 Å². The second-order valence-electron chi connectivity index (χ2n) is 4.46. The molecule has 1 N–H and O–H groups in total. The zero-order chi connectivity index (χ0) is 14.2. The van der Waals surface area contributed by atoms with Gasteiger partial charge in [-0.2, -0.15) is 14.7 Å². The maximum absolute atomic E-state index is 6.19. The van der Waals surface area contributed by atoms with Gasteiger partial charge in [0.2, 0.25) is 4.96 Å². The maximum atomic E-state index is 6.19. The lowest BCUT2D eigenvalue weighted by atomic mass is 10.1. The van der Waals surface area contributed by atoms with Crippen molar-refractivity contribution in [2.75, 3.05) is 0 Å². The topological polar surface area (TPSA) is 71.8 Å². The van der Waals surface area contributed by atoms with Gasteiger partial charge in [0.25, 0.3) is 0 Å². The minimum absolute atomic E-state index is 0.590. The summed E-state index contributed by atoms with van der Waals surface area (Å²) in [5.41, 5.74) is 1.87. The van der Waals surface area contributed by atoms with Gasteiger partial charge >= 0.3 is 0 Å². The molecule has 0 spiro atoms. The molecule has 0 amide bonds. The van der Waals surface area contributed by atoms with Gasteiger partial charge in [-0.15, -0.1) is 10.2 Å². The van der Waals surface area contributed by atoms with Gasteiger partial charge in [0.05, 0.1) is 5.69 Å². The van der Waals surface area contributed by atoms with Gasteiger partial charge in [0, 0.05) is 17.6 Å². The monoisotopic (exact) mass is 316 g/mol. The number of hydrogen-bond acceptors (Lipinski definition) is 5. The second-order valence-corrected chi connectivity index (χ2v) is 5.82. The highest BCUT2D eigenvalue weighted by molar-refractivity contribution is 7.19. The van der Waals surface area contributed by atoms with Crippen LogP contribution in [-0.2, 0) is 6.42 Å². The Balaban J connectivity index is 1.75. The lowest BCUT2D eigenvalue weighted by molar-refractivity contribution is 0.853. The molecule has 0 unspecified atom stereocenters. The van der Waals surface area contributed by atoms with Crippen molar-refractivity contribution >= 4 is 27.9 Å². The van der Waals surface area contributed by atoms with Crippen LogP contribution in [0.3, 0.4) is 0 Å². The third-order valence-electron chi connectivity index (χ3n) is 3.09. The van der Waals surface area contributed by atoms with Crippen LogP contribution >= 0.6 is 22.9 Å². The number of nitrogens with one attached hydrogen (secondary N) is 1. The number of halogens is 1. The van der Waals surface area contributed by atoms with E-state index in [0.717, 1.165) is 32.1 Å². The molecule has 0 aliphatic heterocycles. The molecule has 0 fully saturated rings. The van der Waals surface area contributed by atoms with Crippen molar-refractivity contribution < 1.29 is 0 Å². The van der Waals surface area contributed by atoms with Crippen molar-refractivity contribution in [1.82, 2.24) is 30.0 Å². The lowest BCUT2D eigenvalue weighted by Gasteiger charge is -2.00. The van der Waals surface area contributed by atoms with E-state index in [1.165, 1.54) is 11.3 Å². The van der Waals surface area contributed by atoms with E-state index >= 15 is 0 Å². The molecule has 21 heavy (non-hydrogen) atoms. The largest absolute Gasteiger partial charge is 0.275 e. The van der Waals surface area contributed by atoms with Gasteiger partial charge in [0.15, 0.2) is 10.8 Å². The van der Waals surface area contributed by atoms with Crippen LogP contribution in [0.1, 0.15) is 11.4 Å². The summed E-state index contributed by atoms with van der Waals surface area (Å²) in [6.07, 6.45) is 2.29. The summed E-state index contributed by atoms with van der Waals surface area (Å²) >= 11 is 7.65. The molecule has 0 bridgehead atoms. The van der Waals surface area contributed by atoms with Crippen molar-refractivity contribution in [3.8, 4) is 10.7 Å². The lowest BCUT2D eigenvalue weighted by Crippen LogP contribution is -1.98. The fraction of sp³-hybridized carbons (Fsp3) is 0.0769. The zero-order valence-corrected chi connectivity index (χ0v) is 12.3. The first-order valence-corrected chi connectivity index (χ1v) is 7.45. The Labute approximate surface area is 128 Å². The highest BCUT2D eigenvalue weighted by atomic mass is 35.5. The Hall–Kier alpha value is -2.25. The zero-order valence-electron chi connectivity index (χ0n) is 10.7. The van der Waals surface area contributed by atoms with Gasteiger partial charge in [-0.25, -0.2) is 0 Å². The molecule has 0 aliphatic carbocycles. The number of hydrogen-bond donors (Lipinski definition) is 1. The predicted molar refractivity (Wildman–Crippen MR) is 80.5 cm³/mol. The molecular weight excluding hydrogens is 308 g/mol. The molecule has 0 aliphatic rings. The van der Waals surface area contributed by atoms with E-state index in [1.54, 1.807) is 10.7 Å². The number of benzene rings is 1. The number of aromatic nitrogens is 6. The first-order chi connectivity index (χ1) is 10.3. The predicted octanol–water partition coefficient (Wildman–Crippen LogP) is 2.82. The summed E-state index contributed by atoms with van der Waals surface area (Å²) in [5, 5.41) is 21.3. The Morgan fingerprint density at radius 3 is 2.90 bits per heavy atom. The van der Waals surface area contributed by atoms with Crippen molar-refractivity contribution in [2.24, 2.45) is 0 Å². The van der Waals surface area contributed by atoms with E-state index in [4.69, 9.17) is 11.6 Å². The summed E-state index contributed by atoms with van der Waals surface area (Å²) in [6.45, 7) is 0. The van der Waals surface area contributed by atoms with E-state index in [-0.39, 0.29) is 0 Å². The van der Waals surface area contributed by atoms with Gasteiger partial charge in [0.1, 0.15) is 0 Å². The standard InChI is InChI=1S/C13H9ClN6S/c14-9-4-2-1-3-8(9)7-11-17-18-13-20(11)19-12(21-13)10-5-6-15-16-10/h1-6H,7H2,(H,15,16). The summed E-state index contributed by atoms with van der Waals surface area (Å²) in [6, 6.07) is 9.58. The maximum Gasteiger partial charge on any atom is 0.235 e. The SMILES string of the molecule is Clc1ccccc1Cc1nnc2sc(-c3ccn[nH]3)nn12. The first-order valence-electron chi connectivity index (χ1n) is 6.25. The number of rotatable bonds is 3. The van der Waals surface area contributed by atoms with Crippen molar-refractivity contribution in [2.45, 2.75) is 6.42 Å². The quantitative estimate of drug-likeness (QED) is 0.631. The Kier molecular flexibility index (Phi) is 2.94. The fourth-order valence-corrected chi connectivity index (χ4v) is 3.10. The fourth-order valence-electron chi connectivity index (χ4n) is 2.06. The molecule has 3 heterocycles. The highest BCUT2D eigenvalue weighted by Crippen LogP contribution is 2.24. The molecule has 1 aromatic carbocycles. The van der Waals surface area contributed by atoms with Crippen LogP contribution in [0.4, 0.5) is 0 Å². The van der Waals surface area contributed by atoms with Gasteiger partial charge < -0.3 is 0 Å². The Morgan fingerprint density at radius 2 is 2.10 bits per heavy atom. The summed E-state index contributed by atoms with van der Waals surface area (Å²) in [4.78, 5) is 0.752. The van der Waals surface area contributed by atoms with Crippen LogP contribution < -0.4 is 0 Å². The van der Waals surface area contributed by atoms with Gasteiger partial charge in [-0.05, 0) is 17.7 Å². The summed E-state index contributed by atoms with van der Waals surface area (Å²) < 4.78 is 1.75. The molecule has 8 heteroatoms. The van der Waals surface area contributed by atoms with E-state index in [9.17, 15) is 0 Å². The van der Waals surface area contributed by atoms with Crippen LogP contribution in [0.15, 0.2) is 36.5 Å². The molecular formula is C13H9ClN6S. The van der Waals surface area contributed by atoms with Crippen LogP contribution in [0.25, 0.3) is 15.7 Å². The highest BCUT2D eigenvalue weighted by Gasteiger charge is 2.14. The normalized spacial score (nSPS) is 11.3. The van der Waals surface area contributed by atoms with Gasteiger partial charge in [-0.1, -0.05) is 41.1 Å². The van der Waals surface area contributed by atoms with Crippen molar-refractivity contribution in [3.05, 3.63) is 52.9 Å². The van der Waals surface area contributed by atoms with Crippen LogP contribution in [0, 0.1) is 0 Å². The van der Waals surface area contributed by atoms with E-state index < -0.39 is 0 Å². The molecule has 0 saturated carbocycles. The van der Waals surface area contributed by atoms with E-state index in [0.29, 0.717) is 6.42 Å². The number of aromatic amines is 1. The molecule has 104 valence electrons. The Bertz CT molecular complexity index is 895. The van der Waals surface area contributed by atoms with E-state index in [2.05, 4.69) is 25.5 Å². The molecule has 0 saturated heterocycles. The average Bonchev–Trinajstić information content (AvgIpc) is 3.18. The Morgan fingerprint density at radius 1 is 1.19 bits per heavy atom. The smallest absolute Gasteiger partial charge is 0.235 e. The number of H-pyrrole nitrogens is 1. The number of nitrogens with zero attached hydrogens (tertiary/aromatic N) is 5. The molecule has 6 nitrogen and oxygen atoms in total. The van der Waals surface area contributed by atoms with Crippen LogP contribution in [0.5, 0.6) is 0 Å².